The fourth-order valence-electron chi connectivity index (χ4n) is 3.32. The SMILES string of the molecule is COc1cc(CN(Cc2ccccc2)[C@H](CO)C(C)C)cc(OC)c1OC. The molecule has 0 saturated heterocycles. The van der Waals surface area contributed by atoms with Crippen molar-refractivity contribution < 1.29 is 19.3 Å². The lowest BCUT2D eigenvalue weighted by Crippen LogP contribution is -2.40. The topological polar surface area (TPSA) is 51.2 Å². The van der Waals surface area contributed by atoms with Crippen molar-refractivity contribution in [2.24, 2.45) is 5.92 Å². The summed E-state index contributed by atoms with van der Waals surface area (Å²) in [6.45, 7) is 5.78. The van der Waals surface area contributed by atoms with Crippen LogP contribution in [-0.4, -0.2) is 44.0 Å². The summed E-state index contributed by atoms with van der Waals surface area (Å²) in [7, 11) is 4.84. The summed E-state index contributed by atoms with van der Waals surface area (Å²) >= 11 is 0. The number of aliphatic hydroxyl groups is 1. The molecule has 0 amide bonds. The van der Waals surface area contributed by atoms with E-state index in [0.717, 1.165) is 12.1 Å². The molecule has 2 aromatic carbocycles. The molecular formula is C22H31NO4. The van der Waals surface area contributed by atoms with Gasteiger partial charge in [0.15, 0.2) is 11.5 Å². The molecule has 148 valence electrons. The second-order valence-electron chi connectivity index (χ2n) is 6.92. The molecule has 2 rings (SSSR count). The third-order valence-corrected chi connectivity index (χ3v) is 4.76. The van der Waals surface area contributed by atoms with E-state index in [0.29, 0.717) is 29.7 Å². The number of ether oxygens (including phenoxy) is 3. The molecule has 0 spiro atoms. The first-order valence-corrected chi connectivity index (χ1v) is 9.21. The standard InChI is InChI=1S/C22H31NO4/c1-16(2)19(15-24)23(13-17-9-7-6-8-10-17)14-18-11-20(25-3)22(27-5)21(12-18)26-4/h6-12,16,19,24H,13-15H2,1-5H3/t19-/m1/s1. The molecule has 2 aromatic rings. The summed E-state index contributed by atoms with van der Waals surface area (Å²) in [5.41, 5.74) is 2.25. The van der Waals surface area contributed by atoms with Gasteiger partial charge in [-0.1, -0.05) is 44.2 Å². The molecule has 1 N–H and O–H groups in total. The van der Waals surface area contributed by atoms with E-state index >= 15 is 0 Å². The molecule has 0 aliphatic heterocycles. The van der Waals surface area contributed by atoms with Crippen molar-refractivity contribution in [3.8, 4) is 17.2 Å². The molecule has 0 fully saturated rings. The van der Waals surface area contributed by atoms with Gasteiger partial charge in [-0.25, -0.2) is 0 Å². The maximum absolute atomic E-state index is 10.00. The minimum atomic E-state index is 0.0456. The number of methoxy groups -OCH3 is 3. The van der Waals surface area contributed by atoms with Gasteiger partial charge in [-0.05, 0) is 29.2 Å². The molecule has 0 unspecified atom stereocenters. The maximum atomic E-state index is 10.00. The molecule has 0 heterocycles. The molecule has 0 aromatic heterocycles. The van der Waals surface area contributed by atoms with Gasteiger partial charge in [-0.15, -0.1) is 0 Å². The number of aliphatic hydroxyl groups excluding tert-OH is 1. The quantitative estimate of drug-likeness (QED) is 0.688. The first kappa shape index (κ1) is 21.1. The van der Waals surface area contributed by atoms with Gasteiger partial charge in [0, 0.05) is 19.1 Å². The highest BCUT2D eigenvalue weighted by atomic mass is 16.5. The summed E-state index contributed by atoms with van der Waals surface area (Å²) in [5.74, 6) is 2.18. The summed E-state index contributed by atoms with van der Waals surface area (Å²) in [6.07, 6.45) is 0. The minimum Gasteiger partial charge on any atom is -0.493 e. The van der Waals surface area contributed by atoms with Crippen LogP contribution in [0.25, 0.3) is 0 Å². The van der Waals surface area contributed by atoms with Crippen molar-refractivity contribution in [2.45, 2.75) is 33.0 Å². The van der Waals surface area contributed by atoms with Crippen LogP contribution >= 0.6 is 0 Å². The van der Waals surface area contributed by atoms with E-state index in [9.17, 15) is 5.11 Å². The van der Waals surface area contributed by atoms with Gasteiger partial charge in [0.2, 0.25) is 5.75 Å². The van der Waals surface area contributed by atoms with Gasteiger partial charge < -0.3 is 19.3 Å². The summed E-state index contributed by atoms with van der Waals surface area (Å²) in [6, 6.07) is 14.3. The van der Waals surface area contributed by atoms with E-state index in [1.165, 1.54) is 5.56 Å². The number of nitrogens with zero attached hydrogens (tertiary/aromatic N) is 1. The lowest BCUT2D eigenvalue weighted by molar-refractivity contribution is 0.0783. The fraction of sp³-hybridized carbons (Fsp3) is 0.455. The van der Waals surface area contributed by atoms with Crippen molar-refractivity contribution in [1.29, 1.82) is 0 Å². The normalized spacial score (nSPS) is 12.3. The number of rotatable bonds is 10. The molecule has 5 heteroatoms. The molecule has 0 bridgehead atoms. The lowest BCUT2D eigenvalue weighted by Gasteiger charge is -2.33. The average Bonchev–Trinajstić information content (AvgIpc) is 2.68. The van der Waals surface area contributed by atoms with E-state index in [1.807, 2.05) is 30.3 Å². The van der Waals surface area contributed by atoms with Crippen molar-refractivity contribution in [1.82, 2.24) is 4.90 Å². The van der Waals surface area contributed by atoms with Crippen LogP contribution in [0.5, 0.6) is 17.2 Å². The monoisotopic (exact) mass is 373 g/mol. The molecule has 27 heavy (non-hydrogen) atoms. The summed E-state index contributed by atoms with van der Waals surface area (Å²) in [4.78, 5) is 2.29. The zero-order chi connectivity index (χ0) is 19.8. The molecule has 0 radical (unpaired) electrons. The third kappa shape index (κ3) is 5.37. The Morgan fingerprint density at radius 1 is 0.852 bits per heavy atom. The Hall–Kier alpha value is -2.24. The predicted molar refractivity (Wildman–Crippen MR) is 107 cm³/mol. The average molecular weight is 373 g/mol. The van der Waals surface area contributed by atoms with Crippen molar-refractivity contribution >= 4 is 0 Å². The molecule has 0 saturated carbocycles. The molecule has 5 nitrogen and oxygen atoms in total. The summed E-state index contributed by atoms with van der Waals surface area (Å²) < 4.78 is 16.4. The van der Waals surface area contributed by atoms with Gasteiger partial charge in [0.25, 0.3) is 0 Å². The van der Waals surface area contributed by atoms with Crippen molar-refractivity contribution in [2.75, 3.05) is 27.9 Å². The van der Waals surface area contributed by atoms with Gasteiger partial charge in [0.1, 0.15) is 0 Å². The van der Waals surface area contributed by atoms with Crippen LogP contribution in [0.4, 0.5) is 0 Å². The van der Waals surface area contributed by atoms with E-state index in [-0.39, 0.29) is 12.6 Å². The van der Waals surface area contributed by atoms with Gasteiger partial charge >= 0.3 is 0 Å². The maximum Gasteiger partial charge on any atom is 0.203 e. The van der Waals surface area contributed by atoms with E-state index < -0.39 is 0 Å². The zero-order valence-corrected chi connectivity index (χ0v) is 16.9. The Kier molecular flexibility index (Phi) is 7.95. The Morgan fingerprint density at radius 3 is 1.85 bits per heavy atom. The Bertz CT molecular complexity index is 678. The van der Waals surface area contributed by atoms with Crippen LogP contribution in [0, 0.1) is 5.92 Å². The Morgan fingerprint density at radius 2 is 1.41 bits per heavy atom. The van der Waals surface area contributed by atoms with E-state index in [4.69, 9.17) is 14.2 Å². The summed E-state index contributed by atoms with van der Waals surface area (Å²) in [5, 5.41) is 10.00. The molecular weight excluding hydrogens is 342 g/mol. The predicted octanol–water partition coefficient (Wildman–Crippen LogP) is 3.73. The van der Waals surface area contributed by atoms with E-state index in [1.54, 1.807) is 21.3 Å². The van der Waals surface area contributed by atoms with E-state index in [2.05, 4.69) is 30.9 Å². The van der Waals surface area contributed by atoms with Crippen LogP contribution in [0.1, 0.15) is 25.0 Å². The first-order valence-electron chi connectivity index (χ1n) is 9.21. The van der Waals surface area contributed by atoms with Gasteiger partial charge in [-0.3, -0.25) is 4.90 Å². The number of hydrogen-bond donors (Lipinski definition) is 1. The lowest BCUT2D eigenvalue weighted by atomic mass is 10.0. The minimum absolute atomic E-state index is 0.0456. The highest BCUT2D eigenvalue weighted by Crippen LogP contribution is 2.38. The molecule has 0 aliphatic rings. The Balaban J connectivity index is 2.36. The van der Waals surface area contributed by atoms with Crippen molar-refractivity contribution in [3.63, 3.8) is 0 Å². The smallest absolute Gasteiger partial charge is 0.203 e. The van der Waals surface area contributed by atoms with Crippen LogP contribution in [0.3, 0.4) is 0 Å². The highest BCUT2D eigenvalue weighted by Gasteiger charge is 2.23. The van der Waals surface area contributed by atoms with Crippen LogP contribution < -0.4 is 14.2 Å². The molecule has 0 aliphatic carbocycles. The van der Waals surface area contributed by atoms with Crippen molar-refractivity contribution in [3.05, 3.63) is 53.6 Å². The number of benzene rings is 2. The molecule has 1 atom stereocenters. The van der Waals surface area contributed by atoms with Crippen LogP contribution in [0.2, 0.25) is 0 Å². The Labute approximate surface area is 162 Å². The van der Waals surface area contributed by atoms with Crippen LogP contribution in [-0.2, 0) is 13.1 Å². The third-order valence-electron chi connectivity index (χ3n) is 4.76. The second-order valence-corrected chi connectivity index (χ2v) is 6.92. The first-order chi connectivity index (χ1) is 13.0. The zero-order valence-electron chi connectivity index (χ0n) is 16.9. The van der Waals surface area contributed by atoms with Gasteiger partial charge in [0.05, 0.1) is 27.9 Å². The largest absolute Gasteiger partial charge is 0.493 e. The fourth-order valence-corrected chi connectivity index (χ4v) is 3.32. The van der Waals surface area contributed by atoms with Crippen LogP contribution in [0.15, 0.2) is 42.5 Å². The van der Waals surface area contributed by atoms with Gasteiger partial charge in [-0.2, -0.15) is 0 Å². The number of hydrogen-bond acceptors (Lipinski definition) is 5. The second kappa shape index (κ2) is 10.2. The highest BCUT2D eigenvalue weighted by molar-refractivity contribution is 5.53.